The van der Waals surface area contributed by atoms with Crippen molar-refractivity contribution >= 4 is 33.2 Å². The largest absolute Gasteiger partial charge is 0.323 e. The van der Waals surface area contributed by atoms with Gasteiger partial charge in [-0.05, 0) is 49.2 Å². The Labute approximate surface area is 173 Å². The molecule has 2 aromatic rings. The lowest BCUT2D eigenvalue weighted by Crippen LogP contribution is -2.33. The maximum Gasteiger partial charge on any atom is 0.240 e. The van der Waals surface area contributed by atoms with Crippen LogP contribution in [-0.4, -0.2) is 32.8 Å². The molecule has 0 fully saturated rings. The maximum atomic E-state index is 13.6. The van der Waals surface area contributed by atoms with Gasteiger partial charge < -0.3 is 10.2 Å². The number of amides is 2. The number of fused-ring (bicyclic) bond motifs is 1. The van der Waals surface area contributed by atoms with E-state index in [4.69, 9.17) is 0 Å². The van der Waals surface area contributed by atoms with Gasteiger partial charge in [-0.3, -0.25) is 9.59 Å². The number of halogens is 2. The zero-order chi connectivity index (χ0) is 22.1. The third-order valence-electron chi connectivity index (χ3n) is 4.76. The number of hydrogen-bond donors (Lipinski definition) is 2. The van der Waals surface area contributed by atoms with Gasteiger partial charge in [-0.25, -0.2) is 21.9 Å². The van der Waals surface area contributed by atoms with E-state index in [-0.39, 0.29) is 35.5 Å². The van der Waals surface area contributed by atoms with Gasteiger partial charge >= 0.3 is 0 Å². The summed E-state index contributed by atoms with van der Waals surface area (Å²) >= 11 is 0. The summed E-state index contributed by atoms with van der Waals surface area (Å²) in [5.41, 5.74) is 1.12. The molecule has 2 N–H and O–H groups in total. The fourth-order valence-electron chi connectivity index (χ4n) is 3.44. The number of sulfonamides is 1. The van der Waals surface area contributed by atoms with Crippen molar-refractivity contribution < 1.29 is 26.8 Å². The molecule has 10 heteroatoms. The SMILES string of the molecule is CC(=O)N1c2ccc(S(=O)(=O)NCCC(=O)Nc3cc(F)ccc3F)cc2C[C@H]1C. The number of anilines is 2. The van der Waals surface area contributed by atoms with Crippen molar-refractivity contribution in [3.8, 4) is 0 Å². The summed E-state index contributed by atoms with van der Waals surface area (Å²) in [5.74, 6) is -2.28. The first-order valence-corrected chi connectivity index (χ1v) is 10.7. The van der Waals surface area contributed by atoms with E-state index in [9.17, 15) is 26.8 Å². The Balaban J connectivity index is 1.62. The topological polar surface area (TPSA) is 95.6 Å². The highest BCUT2D eigenvalue weighted by Crippen LogP contribution is 2.33. The molecule has 2 amide bonds. The van der Waals surface area contributed by atoms with Crippen LogP contribution in [0.2, 0.25) is 0 Å². The van der Waals surface area contributed by atoms with Crippen molar-refractivity contribution in [1.82, 2.24) is 4.72 Å². The van der Waals surface area contributed by atoms with E-state index in [1.165, 1.54) is 19.1 Å². The highest BCUT2D eigenvalue weighted by atomic mass is 32.2. The highest BCUT2D eigenvalue weighted by Gasteiger charge is 2.30. The molecule has 0 bridgehead atoms. The minimum absolute atomic E-state index is 0.0236. The lowest BCUT2D eigenvalue weighted by molar-refractivity contribution is -0.117. The van der Waals surface area contributed by atoms with Crippen LogP contribution in [0, 0.1) is 11.6 Å². The molecule has 7 nitrogen and oxygen atoms in total. The van der Waals surface area contributed by atoms with E-state index < -0.39 is 27.6 Å². The first kappa shape index (κ1) is 21.8. The number of carbonyl (C=O) groups is 2. The Hall–Kier alpha value is -2.85. The van der Waals surface area contributed by atoms with Crippen molar-refractivity contribution in [3.63, 3.8) is 0 Å². The molecule has 0 unspecified atom stereocenters. The van der Waals surface area contributed by atoms with Gasteiger partial charge in [0.1, 0.15) is 11.6 Å². The summed E-state index contributed by atoms with van der Waals surface area (Å²) in [6, 6.07) is 7.09. The molecule has 0 aliphatic carbocycles. The second-order valence-corrected chi connectivity index (χ2v) is 8.82. The average Bonchev–Trinajstić information content (AvgIpc) is 2.99. The van der Waals surface area contributed by atoms with E-state index in [0.717, 1.165) is 23.8 Å². The Morgan fingerprint density at radius 3 is 2.60 bits per heavy atom. The van der Waals surface area contributed by atoms with Crippen molar-refractivity contribution in [2.75, 3.05) is 16.8 Å². The lowest BCUT2D eigenvalue weighted by atomic mass is 10.1. The van der Waals surface area contributed by atoms with Gasteiger partial charge in [-0.1, -0.05) is 0 Å². The van der Waals surface area contributed by atoms with Gasteiger partial charge in [0.15, 0.2) is 0 Å². The number of rotatable bonds is 6. The summed E-state index contributed by atoms with van der Waals surface area (Å²) < 4.78 is 54.1. The molecule has 0 aromatic heterocycles. The summed E-state index contributed by atoms with van der Waals surface area (Å²) in [6.07, 6.45) is 0.273. The number of nitrogens with zero attached hydrogens (tertiary/aromatic N) is 1. The zero-order valence-corrected chi connectivity index (χ0v) is 17.2. The van der Waals surface area contributed by atoms with Crippen LogP contribution in [0.1, 0.15) is 25.8 Å². The molecule has 0 radical (unpaired) electrons. The summed E-state index contributed by atoms with van der Waals surface area (Å²) in [4.78, 5) is 25.3. The number of hydrogen-bond acceptors (Lipinski definition) is 4. The predicted octanol–water partition coefficient (Wildman–Crippen LogP) is 2.57. The lowest BCUT2D eigenvalue weighted by Gasteiger charge is -2.20. The van der Waals surface area contributed by atoms with Gasteiger partial charge in [-0.15, -0.1) is 0 Å². The van der Waals surface area contributed by atoms with Gasteiger partial charge in [0.05, 0.1) is 10.6 Å². The van der Waals surface area contributed by atoms with Crippen LogP contribution in [0.3, 0.4) is 0 Å². The molecule has 1 aliphatic heterocycles. The van der Waals surface area contributed by atoms with Crippen LogP contribution in [0.15, 0.2) is 41.3 Å². The van der Waals surface area contributed by atoms with E-state index in [0.29, 0.717) is 12.1 Å². The van der Waals surface area contributed by atoms with Crippen LogP contribution >= 0.6 is 0 Å². The first-order chi connectivity index (χ1) is 14.1. The van der Waals surface area contributed by atoms with Crippen LogP contribution < -0.4 is 14.9 Å². The zero-order valence-electron chi connectivity index (χ0n) is 16.4. The summed E-state index contributed by atoms with van der Waals surface area (Å²) in [6.45, 7) is 3.12. The molecule has 0 saturated carbocycles. The van der Waals surface area contributed by atoms with Gasteiger partial charge in [0.2, 0.25) is 21.8 Å². The fourth-order valence-corrected chi connectivity index (χ4v) is 4.52. The molecule has 0 spiro atoms. The Morgan fingerprint density at radius 1 is 1.17 bits per heavy atom. The van der Waals surface area contributed by atoms with Gasteiger partial charge in [0.25, 0.3) is 0 Å². The highest BCUT2D eigenvalue weighted by molar-refractivity contribution is 7.89. The maximum absolute atomic E-state index is 13.6. The number of nitrogens with one attached hydrogen (secondary N) is 2. The number of benzene rings is 2. The molecule has 1 aliphatic rings. The first-order valence-electron chi connectivity index (χ1n) is 9.26. The molecular weight excluding hydrogens is 416 g/mol. The normalized spacial score (nSPS) is 15.7. The molecule has 3 rings (SSSR count). The second-order valence-electron chi connectivity index (χ2n) is 7.05. The van der Waals surface area contributed by atoms with Crippen LogP contribution in [0.5, 0.6) is 0 Å². The summed E-state index contributed by atoms with van der Waals surface area (Å²) in [7, 11) is -3.89. The molecular formula is C20H21F2N3O4S. The van der Waals surface area contributed by atoms with Gasteiger partial charge in [-0.2, -0.15) is 0 Å². The minimum Gasteiger partial charge on any atom is -0.323 e. The molecule has 30 heavy (non-hydrogen) atoms. The Bertz CT molecular complexity index is 1110. The third-order valence-corrected chi connectivity index (χ3v) is 6.22. The Kier molecular flexibility index (Phi) is 6.18. The predicted molar refractivity (Wildman–Crippen MR) is 108 cm³/mol. The van der Waals surface area contributed by atoms with Crippen LogP contribution in [0.25, 0.3) is 0 Å². The van der Waals surface area contributed by atoms with Crippen molar-refractivity contribution in [2.24, 2.45) is 0 Å². The molecule has 1 heterocycles. The standard InChI is InChI=1S/C20H21F2N3O4S/c1-12-9-14-10-16(4-6-19(14)25(12)13(2)26)30(28,29)23-8-7-20(27)24-18-11-15(21)3-5-17(18)22/h3-6,10-12,23H,7-9H2,1-2H3,(H,24,27)/t12-/m1/s1. The molecule has 2 aromatic carbocycles. The van der Waals surface area contributed by atoms with E-state index in [2.05, 4.69) is 10.0 Å². The van der Waals surface area contributed by atoms with Crippen LogP contribution in [0.4, 0.5) is 20.2 Å². The minimum atomic E-state index is -3.89. The monoisotopic (exact) mass is 437 g/mol. The molecule has 1 atom stereocenters. The number of carbonyl (C=O) groups excluding carboxylic acids is 2. The third kappa shape index (κ3) is 4.65. The van der Waals surface area contributed by atoms with Crippen molar-refractivity contribution in [3.05, 3.63) is 53.6 Å². The quantitative estimate of drug-likeness (QED) is 0.726. The van der Waals surface area contributed by atoms with E-state index >= 15 is 0 Å². The molecule has 0 saturated heterocycles. The van der Waals surface area contributed by atoms with Crippen molar-refractivity contribution in [1.29, 1.82) is 0 Å². The van der Waals surface area contributed by atoms with Crippen molar-refractivity contribution in [2.45, 2.75) is 37.6 Å². The van der Waals surface area contributed by atoms with E-state index in [1.807, 2.05) is 6.92 Å². The smallest absolute Gasteiger partial charge is 0.240 e. The van der Waals surface area contributed by atoms with Crippen LogP contribution in [-0.2, 0) is 26.0 Å². The van der Waals surface area contributed by atoms with Gasteiger partial charge in [0, 0.05) is 37.7 Å². The molecule has 160 valence electrons. The average molecular weight is 437 g/mol. The van der Waals surface area contributed by atoms with E-state index in [1.54, 1.807) is 11.0 Å². The summed E-state index contributed by atoms with van der Waals surface area (Å²) in [5, 5.41) is 2.21. The Morgan fingerprint density at radius 2 is 1.90 bits per heavy atom. The fraction of sp³-hybridized carbons (Fsp3) is 0.300. The second kappa shape index (κ2) is 8.49.